The minimum absolute atomic E-state index is 0.248. The molecule has 1 unspecified atom stereocenters. The lowest BCUT2D eigenvalue weighted by atomic mass is 9.98. The summed E-state index contributed by atoms with van der Waals surface area (Å²) in [6, 6.07) is 6.18. The van der Waals surface area contributed by atoms with E-state index < -0.39 is 0 Å². The fourth-order valence-corrected chi connectivity index (χ4v) is 2.63. The highest BCUT2D eigenvalue weighted by Gasteiger charge is 2.16. The van der Waals surface area contributed by atoms with E-state index in [2.05, 4.69) is 24.0 Å². The van der Waals surface area contributed by atoms with Crippen LogP contribution in [0, 0.1) is 0 Å². The molecule has 0 radical (unpaired) electrons. The fourth-order valence-electron chi connectivity index (χ4n) is 2.32. The molecule has 1 aromatic carbocycles. The van der Waals surface area contributed by atoms with Crippen molar-refractivity contribution in [1.29, 1.82) is 0 Å². The van der Waals surface area contributed by atoms with Gasteiger partial charge in [-0.25, -0.2) is 0 Å². The van der Waals surface area contributed by atoms with E-state index in [1.165, 1.54) is 12.8 Å². The Labute approximate surface area is 108 Å². The van der Waals surface area contributed by atoms with Gasteiger partial charge in [0.1, 0.15) is 6.29 Å². The normalized spacial score (nSPS) is 17.2. The zero-order chi connectivity index (χ0) is 12.3. The predicted molar refractivity (Wildman–Crippen MR) is 72.0 cm³/mol. The Balaban J connectivity index is 2.18. The average Bonchev–Trinajstić information content (AvgIpc) is 2.82. The summed E-state index contributed by atoms with van der Waals surface area (Å²) in [4.78, 5) is 12.8. The number of hydrogen-bond acceptors (Lipinski definition) is 2. The smallest absolute Gasteiger partial charge is 0.120 e. The van der Waals surface area contributed by atoms with Crippen LogP contribution in [0.15, 0.2) is 18.2 Å². The van der Waals surface area contributed by atoms with Gasteiger partial charge in [0.15, 0.2) is 0 Å². The first-order chi connectivity index (χ1) is 8.22. The van der Waals surface area contributed by atoms with Crippen molar-refractivity contribution in [1.82, 2.24) is 0 Å². The van der Waals surface area contributed by atoms with Crippen molar-refractivity contribution in [3.63, 3.8) is 0 Å². The van der Waals surface area contributed by atoms with E-state index >= 15 is 0 Å². The molecule has 92 valence electrons. The number of aldehydes is 1. The second-order valence-electron chi connectivity index (χ2n) is 4.71. The van der Waals surface area contributed by atoms with Gasteiger partial charge in [-0.2, -0.15) is 0 Å². The van der Waals surface area contributed by atoms with Crippen molar-refractivity contribution < 1.29 is 4.79 Å². The molecule has 0 bridgehead atoms. The van der Waals surface area contributed by atoms with Crippen molar-refractivity contribution in [3.8, 4) is 0 Å². The predicted octanol–water partition coefficient (Wildman–Crippen LogP) is 3.63. The van der Waals surface area contributed by atoms with Gasteiger partial charge in [0.25, 0.3) is 0 Å². The number of benzene rings is 1. The number of anilines is 1. The number of nitrogens with zero attached hydrogens (tertiary/aromatic N) is 1. The molecule has 0 saturated carbocycles. The number of halogens is 1. The molecule has 1 atom stereocenters. The molecule has 1 aliphatic rings. The zero-order valence-electron chi connectivity index (χ0n) is 10.2. The highest BCUT2D eigenvalue weighted by Crippen LogP contribution is 2.32. The molecule has 1 aliphatic heterocycles. The molecular weight excluding hydrogens is 234 g/mol. The summed E-state index contributed by atoms with van der Waals surface area (Å²) in [5.74, 6) is 0.248. The molecular formula is C14H18ClNO. The third-order valence-corrected chi connectivity index (χ3v) is 3.74. The van der Waals surface area contributed by atoms with Gasteiger partial charge >= 0.3 is 0 Å². The number of rotatable bonds is 4. The average molecular weight is 252 g/mol. The van der Waals surface area contributed by atoms with E-state index in [0.29, 0.717) is 6.42 Å². The van der Waals surface area contributed by atoms with Crippen molar-refractivity contribution in [3.05, 3.63) is 28.8 Å². The monoisotopic (exact) mass is 251 g/mol. The Morgan fingerprint density at radius 3 is 2.71 bits per heavy atom. The largest absolute Gasteiger partial charge is 0.370 e. The van der Waals surface area contributed by atoms with Crippen molar-refractivity contribution in [2.45, 2.75) is 32.1 Å². The number of hydrogen-bond donors (Lipinski definition) is 0. The van der Waals surface area contributed by atoms with Crippen LogP contribution in [0.3, 0.4) is 0 Å². The van der Waals surface area contributed by atoms with Gasteiger partial charge in [0.2, 0.25) is 0 Å². The Kier molecular flexibility index (Phi) is 4.06. The summed E-state index contributed by atoms with van der Waals surface area (Å²) >= 11 is 6.32. The van der Waals surface area contributed by atoms with Crippen molar-refractivity contribution in [2.24, 2.45) is 0 Å². The van der Waals surface area contributed by atoms with Gasteiger partial charge in [-0.3, -0.25) is 0 Å². The maximum absolute atomic E-state index is 10.5. The highest BCUT2D eigenvalue weighted by atomic mass is 35.5. The van der Waals surface area contributed by atoms with Crippen LogP contribution in [0.2, 0.25) is 5.02 Å². The molecule has 2 rings (SSSR count). The third kappa shape index (κ3) is 2.81. The lowest BCUT2D eigenvalue weighted by molar-refractivity contribution is -0.108. The molecule has 0 amide bonds. The van der Waals surface area contributed by atoms with Crippen LogP contribution >= 0.6 is 11.6 Å². The number of carbonyl (C=O) groups excluding carboxylic acids is 1. The van der Waals surface area contributed by atoms with E-state index in [9.17, 15) is 4.79 Å². The van der Waals surface area contributed by atoms with E-state index in [0.717, 1.165) is 35.6 Å². The molecule has 1 heterocycles. The first-order valence-electron chi connectivity index (χ1n) is 6.20. The van der Waals surface area contributed by atoms with Crippen LogP contribution in [0.25, 0.3) is 0 Å². The first-order valence-corrected chi connectivity index (χ1v) is 6.58. The molecule has 17 heavy (non-hydrogen) atoms. The van der Waals surface area contributed by atoms with Crippen molar-refractivity contribution >= 4 is 23.6 Å². The molecule has 1 saturated heterocycles. The molecule has 1 aromatic rings. The van der Waals surface area contributed by atoms with E-state index in [1.807, 2.05) is 6.07 Å². The minimum atomic E-state index is 0.248. The van der Waals surface area contributed by atoms with Gasteiger partial charge in [0.05, 0.1) is 10.7 Å². The van der Waals surface area contributed by atoms with Gasteiger partial charge in [-0.15, -0.1) is 0 Å². The SMILES string of the molecule is CC(CC=O)c1ccc(N2CCCC2)c(Cl)c1. The second kappa shape index (κ2) is 5.54. The standard InChI is InChI=1S/C14H18ClNO/c1-11(6-9-17)12-4-5-14(13(15)10-12)16-7-2-3-8-16/h4-5,9-11H,2-3,6-8H2,1H3. The van der Waals surface area contributed by atoms with Crippen LogP contribution in [0.1, 0.15) is 37.7 Å². The maximum atomic E-state index is 10.5. The molecule has 0 aliphatic carbocycles. The Morgan fingerprint density at radius 1 is 1.41 bits per heavy atom. The van der Waals surface area contributed by atoms with E-state index in [4.69, 9.17) is 11.6 Å². The van der Waals surface area contributed by atoms with Crippen LogP contribution in [-0.4, -0.2) is 19.4 Å². The maximum Gasteiger partial charge on any atom is 0.120 e. The molecule has 0 spiro atoms. The van der Waals surface area contributed by atoms with E-state index in [1.54, 1.807) is 0 Å². The van der Waals surface area contributed by atoms with Gasteiger partial charge in [0, 0.05) is 19.5 Å². The van der Waals surface area contributed by atoms with Crippen LogP contribution in [-0.2, 0) is 4.79 Å². The van der Waals surface area contributed by atoms with E-state index in [-0.39, 0.29) is 5.92 Å². The van der Waals surface area contributed by atoms with Crippen LogP contribution in [0.4, 0.5) is 5.69 Å². The topological polar surface area (TPSA) is 20.3 Å². The zero-order valence-corrected chi connectivity index (χ0v) is 10.9. The van der Waals surface area contributed by atoms with Gasteiger partial charge in [-0.1, -0.05) is 24.6 Å². The Bertz CT molecular complexity index is 399. The summed E-state index contributed by atoms with van der Waals surface area (Å²) in [7, 11) is 0. The highest BCUT2D eigenvalue weighted by molar-refractivity contribution is 6.33. The summed E-state index contributed by atoms with van der Waals surface area (Å²) in [6.07, 6.45) is 4.02. The molecule has 1 fully saturated rings. The van der Waals surface area contributed by atoms with Gasteiger partial charge < -0.3 is 9.69 Å². The number of carbonyl (C=O) groups is 1. The summed E-state index contributed by atoms with van der Waals surface area (Å²) < 4.78 is 0. The molecule has 0 N–H and O–H groups in total. The van der Waals surface area contributed by atoms with Gasteiger partial charge in [-0.05, 0) is 36.5 Å². The summed E-state index contributed by atoms with van der Waals surface area (Å²) in [5, 5.41) is 0.808. The lowest BCUT2D eigenvalue weighted by Gasteiger charge is -2.20. The lowest BCUT2D eigenvalue weighted by Crippen LogP contribution is -2.18. The Morgan fingerprint density at radius 2 is 2.12 bits per heavy atom. The molecule has 3 heteroatoms. The Hall–Kier alpha value is -1.02. The summed E-state index contributed by atoms with van der Waals surface area (Å²) in [6.45, 7) is 4.25. The molecule has 0 aromatic heterocycles. The van der Waals surface area contributed by atoms with Crippen molar-refractivity contribution in [2.75, 3.05) is 18.0 Å². The van der Waals surface area contributed by atoms with Crippen LogP contribution in [0.5, 0.6) is 0 Å². The second-order valence-corrected chi connectivity index (χ2v) is 5.12. The molecule has 2 nitrogen and oxygen atoms in total. The first kappa shape index (κ1) is 12.4. The quantitative estimate of drug-likeness (QED) is 0.762. The third-order valence-electron chi connectivity index (χ3n) is 3.44. The van der Waals surface area contributed by atoms with Crippen LogP contribution < -0.4 is 4.90 Å². The summed E-state index contributed by atoms with van der Waals surface area (Å²) in [5.41, 5.74) is 2.27. The minimum Gasteiger partial charge on any atom is -0.370 e. The fraction of sp³-hybridized carbons (Fsp3) is 0.500.